The van der Waals surface area contributed by atoms with Gasteiger partial charge in [-0.05, 0) is 36.6 Å². The predicted octanol–water partition coefficient (Wildman–Crippen LogP) is 3.64. The number of fused-ring (bicyclic) bond motifs is 1. The summed E-state index contributed by atoms with van der Waals surface area (Å²) in [4.78, 5) is 4.80. The molecule has 0 atom stereocenters. The Kier molecular flexibility index (Phi) is 3.16. The van der Waals surface area contributed by atoms with Crippen LogP contribution in [0.2, 0.25) is 0 Å². The van der Waals surface area contributed by atoms with E-state index in [1.807, 2.05) is 6.07 Å². The number of pyridine rings is 1. The third-order valence-electron chi connectivity index (χ3n) is 3.53. The van der Waals surface area contributed by atoms with Crippen LogP contribution in [0.4, 0.5) is 0 Å². The highest BCUT2D eigenvalue weighted by molar-refractivity contribution is 5.86. The van der Waals surface area contributed by atoms with Crippen LogP contribution in [0.1, 0.15) is 43.2 Å². The Morgan fingerprint density at radius 3 is 2.39 bits per heavy atom. The minimum absolute atomic E-state index is 0.00566. The van der Waals surface area contributed by atoms with Crippen molar-refractivity contribution in [2.75, 3.05) is 0 Å². The fourth-order valence-electron chi connectivity index (χ4n) is 2.11. The molecule has 1 heterocycles. The lowest BCUT2D eigenvalue weighted by Crippen LogP contribution is -2.14. The van der Waals surface area contributed by atoms with Gasteiger partial charge in [0.25, 0.3) is 0 Å². The van der Waals surface area contributed by atoms with Crippen LogP contribution in [0, 0.1) is 13.8 Å². The molecule has 2 rings (SSSR count). The Hall–Kier alpha value is -1.41. The molecular weight excluding hydrogens is 222 g/mol. The third-order valence-corrected chi connectivity index (χ3v) is 3.53. The monoisotopic (exact) mass is 243 g/mol. The van der Waals surface area contributed by atoms with Gasteiger partial charge in [0.2, 0.25) is 0 Å². The summed E-state index contributed by atoms with van der Waals surface area (Å²) < 4.78 is 0. The Bertz CT molecular complexity index is 594. The highest BCUT2D eigenvalue weighted by Gasteiger charge is 2.18. The molecule has 0 amide bonds. The molecule has 2 nitrogen and oxygen atoms in total. The predicted molar refractivity (Wildman–Crippen MR) is 75.8 cm³/mol. The summed E-state index contributed by atoms with van der Waals surface area (Å²) in [5, 5.41) is 10.6. The van der Waals surface area contributed by atoms with Gasteiger partial charge < -0.3 is 5.11 Å². The van der Waals surface area contributed by atoms with Gasteiger partial charge in [0.05, 0.1) is 12.1 Å². The van der Waals surface area contributed by atoms with Crippen LogP contribution in [0.15, 0.2) is 18.2 Å². The zero-order valence-electron chi connectivity index (χ0n) is 11.8. The van der Waals surface area contributed by atoms with Crippen molar-refractivity contribution in [3.05, 3.63) is 40.6 Å². The van der Waals surface area contributed by atoms with Crippen molar-refractivity contribution in [3.8, 4) is 0 Å². The van der Waals surface area contributed by atoms with E-state index in [2.05, 4.69) is 46.8 Å². The van der Waals surface area contributed by atoms with Crippen molar-refractivity contribution in [2.45, 2.75) is 46.6 Å². The van der Waals surface area contributed by atoms with Gasteiger partial charge in [-0.15, -0.1) is 0 Å². The summed E-state index contributed by atoms with van der Waals surface area (Å²) in [6, 6.07) is 6.18. The van der Waals surface area contributed by atoms with Crippen LogP contribution in [0.5, 0.6) is 0 Å². The molecular formula is C16H21NO. The van der Waals surface area contributed by atoms with Gasteiger partial charge in [-0.3, -0.25) is 4.98 Å². The lowest BCUT2D eigenvalue weighted by Gasteiger charge is -2.20. The van der Waals surface area contributed by atoms with Gasteiger partial charge in [-0.25, -0.2) is 0 Å². The molecule has 1 aromatic heterocycles. The average molecular weight is 243 g/mol. The van der Waals surface area contributed by atoms with Gasteiger partial charge in [-0.1, -0.05) is 32.9 Å². The Balaban J connectivity index is 2.85. The normalized spacial score (nSPS) is 12.1. The molecule has 0 aliphatic carbocycles. The van der Waals surface area contributed by atoms with Gasteiger partial charge >= 0.3 is 0 Å². The Morgan fingerprint density at radius 2 is 1.83 bits per heavy atom. The zero-order valence-corrected chi connectivity index (χ0v) is 11.8. The van der Waals surface area contributed by atoms with Crippen LogP contribution in [-0.4, -0.2) is 10.1 Å². The topological polar surface area (TPSA) is 33.1 Å². The lowest BCUT2D eigenvalue weighted by molar-refractivity contribution is 0.283. The molecule has 1 aromatic carbocycles. The Morgan fingerprint density at radius 1 is 1.17 bits per heavy atom. The van der Waals surface area contributed by atoms with Crippen molar-refractivity contribution in [1.82, 2.24) is 4.98 Å². The standard InChI is InChI=1S/C16H21NO/c1-10-6-7-13-12(9-18)8-14(16(3,4)5)17-15(13)11(10)2/h6-8,18H,9H2,1-5H3. The van der Waals surface area contributed by atoms with E-state index < -0.39 is 0 Å². The number of aliphatic hydroxyl groups excluding tert-OH is 1. The van der Waals surface area contributed by atoms with E-state index in [1.54, 1.807) is 0 Å². The van der Waals surface area contributed by atoms with Crippen LogP contribution in [-0.2, 0) is 12.0 Å². The number of aliphatic hydroxyl groups is 1. The average Bonchev–Trinajstić information content (AvgIpc) is 2.31. The first kappa shape index (κ1) is 13.0. The number of nitrogens with zero attached hydrogens (tertiary/aromatic N) is 1. The number of benzene rings is 1. The van der Waals surface area contributed by atoms with E-state index in [9.17, 15) is 5.11 Å². The second-order valence-corrected chi connectivity index (χ2v) is 5.98. The first-order valence-electron chi connectivity index (χ1n) is 6.36. The van der Waals surface area contributed by atoms with Crippen molar-refractivity contribution >= 4 is 10.9 Å². The molecule has 0 bridgehead atoms. The molecule has 96 valence electrons. The molecule has 18 heavy (non-hydrogen) atoms. The van der Waals surface area contributed by atoms with E-state index in [0.717, 1.165) is 22.2 Å². The van der Waals surface area contributed by atoms with E-state index in [1.165, 1.54) is 11.1 Å². The molecule has 2 aromatic rings. The first-order chi connectivity index (χ1) is 8.34. The maximum absolute atomic E-state index is 9.56. The molecule has 0 saturated carbocycles. The number of rotatable bonds is 1. The summed E-state index contributed by atoms with van der Waals surface area (Å²) in [6.45, 7) is 10.7. The summed E-state index contributed by atoms with van der Waals surface area (Å²) in [5.41, 5.74) is 5.46. The van der Waals surface area contributed by atoms with Crippen molar-refractivity contribution in [3.63, 3.8) is 0 Å². The van der Waals surface area contributed by atoms with Gasteiger partial charge in [0.15, 0.2) is 0 Å². The van der Waals surface area contributed by atoms with Crippen LogP contribution >= 0.6 is 0 Å². The molecule has 0 fully saturated rings. The van der Waals surface area contributed by atoms with E-state index in [-0.39, 0.29) is 12.0 Å². The molecule has 0 unspecified atom stereocenters. The molecule has 0 radical (unpaired) electrons. The summed E-state index contributed by atoms with van der Waals surface area (Å²) in [5.74, 6) is 0. The fraction of sp³-hybridized carbons (Fsp3) is 0.438. The van der Waals surface area contributed by atoms with Crippen LogP contribution in [0.3, 0.4) is 0 Å². The van der Waals surface area contributed by atoms with Gasteiger partial charge in [-0.2, -0.15) is 0 Å². The summed E-state index contributed by atoms with van der Waals surface area (Å²) in [7, 11) is 0. The van der Waals surface area contributed by atoms with Crippen molar-refractivity contribution in [1.29, 1.82) is 0 Å². The fourth-order valence-corrected chi connectivity index (χ4v) is 2.11. The maximum atomic E-state index is 9.56. The van der Waals surface area contributed by atoms with Gasteiger partial charge in [0.1, 0.15) is 0 Å². The minimum atomic E-state index is -0.00566. The molecule has 1 N–H and O–H groups in total. The number of aromatic nitrogens is 1. The minimum Gasteiger partial charge on any atom is -0.392 e. The lowest BCUT2D eigenvalue weighted by atomic mass is 9.89. The molecule has 2 heteroatoms. The van der Waals surface area contributed by atoms with Gasteiger partial charge in [0, 0.05) is 16.5 Å². The maximum Gasteiger partial charge on any atom is 0.0740 e. The van der Waals surface area contributed by atoms with E-state index in [0.29, 0.717) is 0 Å². The molecule has 0 saturated heterocycles. The zero-order chi connectivity index (χ0) is 13.5. The van der Waals surface area contributed by atoms with Crippen molar-refractivity contribution < 1.29 is 5.11 Å². The van der Waals surface area contributed by atoms with Crippen LogP contribution < -0.4 is 0 Å². The number of hydrogen-bond donors (Lipinski definition) is 1. The second kappa shape index (κ2) is 4.36. The SMILES string of the molecule is Cc1ccc2c(CO)cc(C(C)(C)C)nc2c1C. The molecule has 0 aliphatic rings. The molecule has 0 aliphatic heterocycles. The van der Waals surface area contributed by atoms with E-state index in [4.69, 9.17) is 4.98 Å². The summed E-state index contributed by atoms with van der Waals surface area (Å²) >= 11 is 0. The molecule has 0 spiro atoms. The quantitative estimate of drug-likeness (QED) is 0.829. The van der Waals surface area contributed by atoms with E-state index >= 15 is 0 Å². The Labute approximate surface area is 109 Å². The number of hydrogen-bond acceptors (Lipinski definition) is 2. The highest BCUT2D eigenvalue weighted by atomic mass is 16.3. The van der Waals surface area contributed by atoms with Crippen molar-refractivity contribution in [2.24, 2.45) is 0 Å². The first-order valence-corrected chi connectivity index (χ1v) is 6.36. The number of aryl methyl sites for hydroxylation is 2. The van der Waals surface area contributed by atoms with Crippen LogP contribution in [0.25, 0.3) is 10.9 Å². The third kappa shape index (κ3) is 2.13. The largest absolute Gasteiger partial charge is 0.392 e. The smallest absolute Gasteiger partial charge is 0.0740 e. The highest BCUT2D eigenvalue weighted by Crippen LogP contribution is 2.28. The second-order valence-electron chi connectivity index (χ2n) is 5.98. The summed E-state index contributed by atoms with van der Waals surface area (Å²) in [6.07, 6.45) is 0.